The fourth-order valence-corrected chi connectivity index (χ4v) is 3.30. The minimum atomic E-state index is 0. The van der Waals surface area contributed by atoms with Gasteiger partial charge in [-0.1, -0.05) is 12.1 Å². The van der Waals surface area contributed by atoms with Crippen LogP contribution < -0.4 is 28.5 Å². The van der Waals surface area contributed by atoms with Gasteiger partial charge in [-0.3, -0.25) is 0 Å². The van der Waals surface area contributed by atoms with E-state index in [0.717, 1.165) is 20.6 Å². The van der Waals surface area contributed by atoms with Gasteiger partial charge < -0.3 is 24.0 Å². The van der Waals surface area contributed by atoms with Gasteiger partial charge in [-0.05, 0) is 34.1 Å². The molecular weight excluding hydrogens is 423 g/mol. The molecule has 0 radical (unpaired) electrons. The second-order valence-electron chi connectivity index (χ2n) is 3.89. The summed E-state index contributed by atoms with van der Waals surface area (Å²) < 4.78 is 4.33. The predicted molar refractivity (Wildman–Crippen MR) is 73.9 cm³/mol. The van der Waals surface area contributed by atoms with E-state index < -0.39 is 0 Å². The number of aryl methyl sites for hydroxylation is 1. The van der Waals surface area contributed by atoms with E-state index in [1.165, 1.54) is 4.70 Å². The first-order valence-electron chi connectivity index (χ1n) is 5.24. The van der Waals surface area contributed by atoms with Crippen molar-refractivity contribution < 1.29 is 28.5 Å². The standard InChI is InChI=1S/C13H10BrN2S.HI/c1-16-7-9(6-10(14)8-16)13-15-11-4-2-3-5-12(11)17-13;/h2-8H,1H3;1H/q+1;/p-1. The first-order chi connectivity index (χ1) is 8.22. The molecule has 0 saturated heterocycles. The summed E-state index contributed by atoms with van der Waals surface area (Å²) in [7, 11) is 2.02. The monoisotopic (exact) mass is 432 g/mol. The van der Waals surface area contributed by atoms with E-state index in [9.17, 15) is 0 Å². The normalized spacial score (nSPS) is 10.3. The lowest BCUT2D eigenvalue weighted by atomic mass is 10.3. The van der Waals surface area contributed by atoms with Crippen LogP contribution in [0.15, 0.2) is 47.2 Å². The Morgan fingerprint density at radius 3 is 2.72 bits per heavy atom. The molecule has 0 unspecified atom stereocenters. The molecule has 3 rings (SSSR count). The summed E-state index contributed by atoms with van der Waals surface area (Å²) in [6.07, 6.45) is 4.11. The van der Waals surface area contributed by atoms with Crippen LogP contribution in [0, 0.1) is 0 Å². The number of fused-ring (bicyclic) bond motifs is 1. The highest BCUT2D eigenvalue weighted by Gasteiger charge is 2.10. The zero-order valence-corrected chi connectivity index (χ0v) is 14.2. The van der Waals surface area contributed by atoms with Gasteiger partial charge >= 0.3 is 0 Å². The van der Waals surface area contributed by atoms with Gasteiger partial charge in [0.25, 0.3) is 0 Å². The molecule has 1 aromatic carbocycles. The smallest absolute Gasteiger partial charge is 0.182 e. The third-order valence-electron chi connectivity index (χ3n) is 2.50. The van der Waals surface area contributed by atoms with Crippen molar-refractivity contribution in [3.8, 4) is 10.6 Å². The molecule has 0 aliphatic rings. The van der Waals surface area contributed by atoms with Crippen molar-refractivity contribution in [2.75, 3.05) is 0 Å². The Bertz CT molecular complexity index is 643. The van der Waals surface area contributed by atoms with Crippen LogP contribution >= 0.6 is 27.3 Å². The Morgan fingerprint density at radius 2 is 2.00 bits per heavy atom. The van der Waals surface area contributed by atoms with Crippen molar-refractivity contribution in [3.05, 3.63) is 47.2 Å². The lowest BCUT2D eigenvalue weighted by Gasteiger charge is -1.95. The molecule has 0 spiro atoms. The van der Waals surface area contributed by atoms with Crippen LogP contribution in [0.5, 0.6) is 0 Å². The summed E-state index contributed by atoms with van der Waals surface area (Å²) >= 11 is 5.23. The molecule has 0 N–H and O–H groups in total. The summed E-state index contributed by atoms with van der Waals surface area (Å²) in [4.78, 5) is 4.65. The number of para-hydroxylation sites is 1. The minimum absolute atomic E-state index is 0. The van der Waals surface area contributed by atoms with Crippen LogP contribution in [0.4, 0.5) is 0 Å². The third-order valence-corrected chi connectivity index (χ3v) is 4.02. The van der Waals surface area contributed by atoms with E-state index in [4.69, 9.17) is 0 Å². The largest absolute Gasteiger partial charge is 1.00 e. The first-order valence-corrected chi connectivity index (χ1v) is 6.85. The summed E-state index contributed by atoms with van der Waals surface area (Å²) in [6.45, 7) is 0. The van der Waals surface area contributed by atoms with Crippen LogP contribution in [0.25, 0.3) is 20.8 Å². The topological polar surface area (TPSA) is 16.8 Å². The van der Waals surface area contributed by atoms with E-state index in [2.05, 4.69) is 39.2 Å². The van der Waals surface area contributed by atoms with Crippen molar-refractivity contribution in [1.29, 1.82) is 0 Å². The fraction of sp³-hybridized carbons (Fsp3) is 0.0769. The number of hydrogen-bond acceptors (Lipinski definition) is 2. The molecule has 2 nitrogen and oxygen atoms in total. The Kier molecular flexibility index (Phi) is 4.34. The number of thiazole rings is 1. The lowest BCUT2D eigenvalue weighted by molar-refractivity contribution is -0.671. The Hall–Kier alpha value is -0.530. The van der Waals surface area contributed by atoms with Gasteiger partial charge in [-0.2, -0.15) is 0 Å². The van der Waals surface area contributed by atoms with Crippen LogP contribution in [0.2, 0.25) is 0 Å². The van der Waals surface area contributed by atoms with Crippen LogP contribution in [-0.2, 0) is 7.05 Å². The van der Waals surface area contributed by atoms with Gasteiger partial charge in [0.1, 0.15) is 12.1 Å². The number of hydrogen-bond donors (Lipinski definition) is 0. The van der Waals surface area contributed by atoms with Crippen molar-refractivity contribution in [2.45, 2.75) is 0 Å². The maximum absolute atomic E-state index is 4.65. The van der Waals surface area contributed by atoms with Gasteiger partial charge in [0.2, 0.25) is 0 Å². The van der Waals surface area contributed by atoms with Gasteiger partial charge in [0.05, 0.1) is 20.3 Å². The molecule has 0 fully saturated rings. The number of nitrogens with zero attached hydrogens (tertiary/aromatic N) is 2. The maximum Gasteiger partial charge on any atom is 0.182 e. The highest BCUT2D eigenvalue weighted by atomic mass is 127. The van der Waals surface area contributed by atoms with E-state index >= 15 is 0 Å². The van der Waals surface area contributed by atoms with Crippen molar-refractivity contribution in [1.82, 2.24) is 4.98 Å². The molecule has 92 valence electrons. The zero-order valence-electron chi connectivity index (χ0n) is 9.60. The van der Waals surface area contributed by atoms with Crippen LogP contribution in [-0.4, -0.2) is 4.98 Å². The molecule has 5 heteroatoms. The fourth-order valence-electron chi connectivity index (χ4n) is 1.79. The molecule has 3 aromatic rings. The van der Waals surface area contributed by atoms with Crippen molar-refractivity contribution in [2.24, 2.45) is 7.05 Å². The zero-order chi connectivity index (χ0) is 11.8. The molecule has 0 aliphatic heterocycles. The van der Waals surface area contributed by atoms with Crippen LogP contribution in [0.1, 0.15) is 0 Å². The number of pyridine rings is 1. The second-order valence-corrected chi connectivity index (χ2v) is 5.84. The molecule has 18 heavy (non-hydrogen) atoms. The maximum atomic E-state index is 4.65. The second kappa shape index (κ2) is 5.63. The number of halogens is 2. The summed E-state index contributed by atoms with van der Waals surface area (Å²) in [5.41, 5.74) is 2.21. The van der Waals surface area contributed by atoms with E-state index in [0.29, 0.717) is 0 Å². The first kappa shape index (κ1) is 13.9. The SMILES string of the molecule is C[n+]1cc(Br)cc(-c2nc3ccccc3s2)c1.[I-]. The Morgan fingerprint density at radius 1 is 1.22 bits per heavy atom. The molecule has 0 bridgehead atoms. The number of benzene rings is 1. The van der Waals surface area contributed by atoms with E-state index in [1.807, 2.05) is 36.0 Å². The van der Waals surface area contributed by atoms with Crippen molar-refractivity contribution >= 4 is 37.5 Å². The Labute approximate surface area is 135 Å². The quantitative estimate of drug-likeness (QED) is 0.405. The average molecular weight is 433 g/mol. The van der Waals surface area contributed by atoms with Gasteiger partial charge in [-0.25, -0.2) is 9.55 Å². The third kappa shape index (κ3) is 2.73. The van der Waals surface area contributed by atoms with Gasteiger partial charge in [0, 0.05) is 0 Å². The van der Waals surface area contributed by atoms with E-state index in [1.54, 1.807) is 11.3 Å². The molecule has 2 heterocycles. The molecular formula is C13H10BrIN2S. The minimum Gasteiger partial charge on any atom is -1.00 e. The number of rotatable bonds is 1. The molecule has 2 aromatic heterocycles. The van der Waals surface area contributed by atoms with E-state index in [-0.39, 0.29) is 24.0 Å². The number of aromatic nitrogens is 2. The summed E-state index contributed by atoms with van der Waals surface area (Å²) in [5, 5.41) is 1.06. The van der Waals surface area contributed by atoms with Gasteiger partial charge in [-0.15, -0.1) is 11.3 Å². The predicted octanol–water partition coefficient (Wildman–Crippen LogP) is 0.554. The van der Waals surface area contributed by atoms with Gasteiger partial charge in [0.15, 0.2) is 12.4 Å². The Balaban J connectivity index is 0.00000120. The summed E-state index contributed by atoms with van der Waals surface area (Å²) in [5.74, 6) is 0. The van der Waals surface area contributed by atoms with Crippen molar-refractivity contribution in [3.63, 3.8) is 0 Å². The molecule has 0 atom stereocenters. The molecule has 0 saturated carbocycles. The lowest BCUT2D eigenvalue weighted by Crippen LogP contribution is -3.00. The highest BCUT2D eigenvalue weighted by molar-refractivity contribution is 9.10. The summed E-state index contributed by atoms with van der Waals surface area (Å²) in [6, 6.07) is 10.3. The van der Waals surface area contributed by atoms with Crippen LogP contribution in [0.3, 0.4) is 0 Å². The molecule has 0 aliphatic carbocycles. The average Bonchev–Trinajstić information content (AvgIpc) is 2.71. The molecule has 0 amide bonds. The highest BCUT2D eigenvalue weighted by Crippen LogP contribution is 2.30.